The number of carbonyl (C=O) groups is 2. The van der Waals surface area contributed by atoms with E-state index in [2.05, 4.69) is 18.7 Å². The van der Waals surface area contributed by atoms with Crippen molar-refractivity contribution in [2.24, 2.45) is 0 Å². The van der Waals surface area contributed by atoms with E-state index in [0.29, 0.717) is 53.4 Å². The number of hydrogen-bond donors (Lipinski definition) is 0. The Morgan fingerprint density at radius 2 is 1.55 bits per heavy atom. The summed E-state index contributed by atoms with van der Waals surface area (Å²) in [5.41, 5.74) is 3.65. The largest absolute Gasteiger partial charge is 0.348 e. The SMILES string of the molecule is CC(C)=C(CC(C)(CF)c1sc(Cl)c(Cl)c1Cl)c1sc(C(=O)N2CCN(CC(=O)N(C)C)CC2)c2c1CCCC2. The molecule has 0 bridgehead atoms. The number of halogens is 4. The van der Waals surface area contributed by atoms with Crippen molar-refractivity contribution < 1.29 is 14.0 Å². The van der Waals surface area contributed by atoms with Crippen LogP contribution < -0.4 is 0 Å². The molecule has 1 fully saturated rings. The fourth-order valence-electron chi connectivity index (χ4n) is 5.45. The molecule has 220 valence electrons. The average molecular weight is 649 g/mol. The number of amides is 2. The van der Waals surface area contributed by atoms with Gasteiger partial charge in [-0.05, 0) is 62.7 Å². The number of thiophene rings is 2. The molecule has 1 atom stereocenters. The molecule has 2 aromatic heterocycles. The molecule has 0 N–H and O–H groups in total. The molecule has 11 heteroatoms. The normalized spacial score (nSPS) is 17.4. The zero-order chi connectivity index (χ0) is 29.4. The van der Waals surface area contributed by atoms with E-state index in [9.17, 15) is 14.0 Å². The highest BCUT2D eigenvalue weighted by molar-refractivity contribution is 7.18. The maximum absolute atomic E-state index is 14.8. The molecule has 1 aliphatic heterocycles. The second-order valence-corrected chi connectivity index (χ2v) is 14.9. The summed E-state index contributed by atoms with van der Waals surface area (Å²) in [4.78, 5) is 34.2. The van der Waals surface area contributed by atoms with E-state index in [1.807, 2.05) is 11.8 Å². The van der Waals surface area contributed by atoms with Crippen LogP contribution >= 0.6 is 57.5 Å². The quantitative estimate of drug-likeness (QED) is 0.296. The van der Waals surface area contributed by atoms with Crippen LogP contribution in [0.1, 0.15) is 70.6 Å². The first-order valence-corrected chi connectivity index (χ1v) is 16.4. The third-order valence-electron chi connectivity index (χ3n) is 7.98. The molecule has 0 saturated carbocycles. The smallest absolute Gasteiger partial charge is 0.264 e. The third-order valence-corrected chi connectivity index (χ3v) is 12.2. The molecule has 2 aromatic rings. The fourth-order valence-corrected chi connectivity index (χ4v) is 9.04. The van der Waals surface area contributed by atoms with E-state index in [0.717, 1.165) is 52.1 Å². The zero-order valence-electron chi connectivity index (χ0n) is 23.8. The van der Waals surface area contributed by atoms with Crippen molar-refractivity contribution in [2.75, 3.05) is 53.5 Å². The first kappa shape index (κ1) is 31.8. The molecule has 40 heavy (non-hydrogen) atoms. The van der Waals surface area contributed by atoms with Crippen molar-refractivity contribution in [2.45, 2.75) is 58.3 Å². The second kappa shape index (κ2) is 13.0. The van der Waals surface area contributed by atoms with Gasteiger partial charge in [0.2, 0.25) is 5.91 Å². The van der Waals surface area contributed by atoms with Crippen LogP contribution in [-0.4, -0.2) is 80.0 Å². The lowest BCUT2D eigenvalue weighted by Gasteiger charge is -2.34. The number of hydrogen-bond acceptors (Lipinski definition) is 5. The summed E-state index contributed by atoms with van der Waals surface area (Å²) < 4.78 is 15.2. The number of carbonyl (C=O) groups excluding carboxylic acids is 2. The van der Waals surface area contributed by atoms with Gasteiger partial charge in [0.15, 0.2) is 0 Å². The number of rotatable bonds is 8. The average Bonchev–Trinajstić information content (AvgIpc) is 3.44. The number of fused-ring (bicyclic) bond motifs is 1. The van der Waals surface area contributed by atoms with Gasteiger partial charge in [-0.25, -0.2) is 0 Å². The first-order chi connectivity index (χ1) is 18.9. The molecule has 0 spiro atoms. The standard InChI is InChI=1S/C29H37Cl3FN3O2S2/c1-17(2)20(14-29(3,16-33)26-22(30)23(31)27(32)40-26)24-18-8-6-7-9-19(18)25(39-24)28(38)36-12-10-35(11-13-36)15-21(37)34(4)5/h6-16H2,1-5H3. The van der Waals surface area contributed by atoms with E-state index < -0.39 is 12.1 Å². The molecule has 5 nitrogen and oxygen atoms in total. The van der Waals surface area contributed by atoms with Gasteiger partial charge in [-0.1, -0.05) is 47.3 Å². The maximum atomic E-state index is 14.8. The van der Waals surface area contributed by atoms with Gasteiger partial charge in [-0.15, -0.1) is 22.7 Å². The van der Waals surface area contributed by atoms with Crippen molar-refractivity contribution in [3.05, 3.63) is 45.7 Å². The summed E-state index contributed by atoms with van der Waals surface area (Å²) in [6, 6.07) is 0. The monoisotopic (exact) mass is 647 g/mol. The summed E-state index contributed by atoms with van der Waals surface area (Å²) in [5, 5.41) is 0.592. The van der Waals surface area contributed by atoms with Crippen LogP contribution in [0, 0.1) is 0 Å². The number of allylic oxidation sites excluding steroid dienone is 2. The summed E-state index contributed by atoms with van der Waals surface area (Å²) >= 11 is 21.9. The van der Waals surface area contributed by atoms with Crippen LogP contribution in [0.2, 0.25) is 14.4 Å². The number of piperazine rings is 1. The summed E-state index contributed by atoms with van der Waals surface area (Å²) in [7, 11) is 3.52. The highest BCUT2D eigenvalue weighted by Gasteiger charge is 2.37. The van der Waals surface area contributed by atoms with E-state index in [1.54, 1.807) is 30.3 Å². The van der Waals surface area contributed by atoms with Crippen LogP contribution in [0.5, 0.6) is 0 Å². The van der Waals surface area contributed by atoms with Gasteiger partial charge in [0.05, 0.1) is 28.1 Å². The molecule has 3 heterocycles. The molecule has 2 amide bonds. The Morgan fingerprint density at radius 1 is 0.950 bits per heavy atom. The van der Waals surface area contributed by atoms with Gasteiger partial charge >= 0.3 is 0 Å². The number of nitrogens with zero attached hydrogens (tertiary/aromatic N) is 3. The van der Waals surface area contributed by atoms with Gasteiger partial charge in [-0.3, -0.25) is 18.9 Å². The summed E-state index contributed by atoms with van der Waals surface area (Å²) in [6.07, 6.45) is 4.34. The second-order valence-electron chi connectivity index (χ2n) is 11.5. The Bertz CT molecular complexity index is 1310. The molecule has 2 aliphatic rings. The fraction of sp³-hybridized carbons (Fsp3) is 0.586. The van der Waals surface area contributed by atoms with Crippen LogP contribution in [0.15, 0.2) is 5.57 Å². The molecule has 1 unspecified atom stereocenters. The Kier molecular flexibility index (Phi) is 10.3. The van der Waals surface area contributed by atoms with Gasteiger partial charge in [0.1, 0.15) is 4.34 Å². The molecular formula is C29H37Cl3FN3O2S2. The van der Waals surface area contributed by atoms with E-state index in [1.165, 1.54) is 16.9 Å². The van der Waals surface area contributed by atoms with Crippen molar-refractivity contribution in [3.8, 4) is 0 Å². The predicted octanol–water partition coefficient (Wildman–Crippen LogP) is 7.61. The molecule has 1 saturated heterocycles. The Hall–Kier alpha value is -1.16. The van der Waals surface area contributed by atoms with E-state index in [-0.39, 0.29) is 16.8 Å². The summed E-state index contributed by atoms with van der Waals surface area (Å²) in [5.74, 6) is 0.133. The highest BCUT2D eigenvalue weighted by Crippen LogP contribution is 2.50. The maximum Gasteiger partial charge on any atom is 0.264 e. The van der Waals surface area contributed by atoms with Crippen LogP contribution in [0.25, 0.3) is 5.57 Å². The van der Waals surface area contributed by atoms with Crippen LogP contribution in [0.4, 0.5) is 4.39 Å². The number of alkyl halides is 1. The van der Waals surface area contributed by atoms with Gasteiger partial charge in [0.25, 0.3) is 5.91 Å². The Balaban J connectivity index is 1.63. The number of likely N-dealkylation sites (N-methyl/N-ethyl adjacent to an activating group) is 1. The minimum atomic E-state index is -0.902. The Labute approximate surface area is 259 Å². The zero-order valence-corrected chi connectivity index (χ0v) is 27.7. The topological polar surface area (TPSA) is 43.9 Å². The summed E-state index contributed by atoms with van der Waals surface area (Å²) in [6.45, 7) is 8.26. The van der Waals surface area contributed by atoms with Crippen LogP contribution in [0.3, 0.4) is 0 Å². The predicted molar refractivity (Wildman–Crippen MR) is 168 cm³/mol. The van der Waals surface area contributed by atoms with Crippen LogP contribution in [-0.2, 0) is 23.1 Å². The minimum absolute atomic E-state index is 0.0641. The van der Waals surface area contributed by atoms with Gasteiger partial charge in [-0.2, -0.15) is 0 Å². The lowest BCUT2D eigenvalue weighted by molar-refractivity contribution is -0.130. The lowest BCUT2D eigenvalue weighted by Crippen LogP contribution is -2.51. The molecule has 0 radical (unpaired) electrons. The minimum Gasteiger partial charge on any atom is -0.348 e. The molecule has 0 aromatic carbocycles. The molecule has 4 rings (SSSR count). The third kappa shape index (κ3) is 6.42. The van der Waals surface area contributed by atoms with E-state index in [4.69, 9.17) is 34.8 Å². The van der Waals surface area contributed by atoms with Crippen molar-refractivity contribution in [1.82, 2.24) is 14.7 Å². The first-order valence-electron chi connectivity index (χ1n) is 13.6. The van der Waals surface area contributed by atoms with Crippen molar-refractivity contribution in [1.29, 1.82) is 0 Å². The molecular weight excluding hydrogens is 612 g/mol. The Morgan fingerprint density at radius 3 is 2.05 bits per heavy atom. The van der Waals surface area contributed by atoms with Crippen molar-refractivity contribution in [3.63, 3.8) is 0 Å². The van der Waals surface area contributed by atoms with Crippen molar-refractivity contribution >= 4 is 74.9 Å². The van der Waals surface area contributed by atoms with Gasteiger partial charge < -0.3 is 9.80 Å². The lowest BCUT2D eigenvalue weighted by atomic mass is 9.80. The van der Waals surface area contributed by atoms with E-state index >= 15 is 0 Å². The highest BCUT2D eigenvalue weighted by atomic mass is 35.5. The molecule has 1 aliphatic carbocycles. The van der Waals surface area contributed by atoms with Gasteiger partial charge in [0, 0.05) is 55.4 Å².